The van der Waals surface area contributed by atoms with Crippen LogP contribution in [0.3, 0.4) is 0 Å². The standard InChI is InChI=1S/C25H28ClFO4S/c1-3-4-19-6-9-21(27)17-23(19)25(32(29,30)22-10-7-20(26)8-11-22)15-13-18(14-16-25)5-12-24(28)31-2/h3,6-11,17-18H,1,4-5,12-16H2,2H3. The highest BCUT2D eigenvalue weighted by atomic mass is 35.5. The summed E-state index contributed by atoms with van der Waals surface area (Å²) in [4.78, 5) is 11.7. The van der Waals surface area contributed by atoms with E-state index in [4.69, 9.17) is 16.3 Å². The molecule has 0 radical (unpaired) electrons. The van der Waals surface area contributed by atoms with Gasteiger partial charge in [0.25, 0.3) is 0 Å². The number of hydrogen-bond acceptors (Lipinski definition) is 4. The van der Waals surface area contributed by atoms with Crippen molar-refractivity contribution in [3.8, 4) is 0 Å². The van der Waals surface area contributed by atoms with Crippen molar-refractivity contribution in [3.05, 3.63) is 77.1 Å². The van der Waals surface area contributed by atoms with E-state index in [0.717, 1.165) is 5.56 Å². The van der Waals surface area contributed by atoms with Gasteiger partial charge in [0.1, 0.15) is 10.6 Å². The second-order valence-corrected chi connectivity index (χ2v) is 11.0. The molecule has 0 aromatic heterocycles. The largest absolute Gasteiger partial charge is 0.469 e. The highest BCUT2D eigenvalue weighted by Gasteiger charge is 2.49. The van der Waals surface area contributed by atoms with Gasteiger partial charge in [-0.3, -0.25) is 4.79 Å². The maximum atomic E-state index is 14.4. The Hall–Kier alpha value is -2.18. The lowest BCUT2D eigenvalue weighted by atomic mass is 9.75. The molecule has 0 unspecified atom stereocenters. The molecule has 2 aromatic carbocycles. The average Bonchev–Trinajstić information content (AvgIpc) is 2.79. The molecule has 0 spiro atoms. The van der Waals surface area contributed by atoms with Gasteiger partial charge in [0, 0.05) is 11.4 Å². The van der Waals surface area contributed by atoms with Crippen LogP contribution in [0.25, 0.3) is 0 Å². The van der Waals surface area contributed by atoms with Crippen LogP contribution in [0.5, 0.6) is 0 Å². The molecule has 172 valence electrons. The third-order valence-electron chi connectivity index (χ3n) is 6.46. The second kappa shape index (κ2) is 10.2. The molecule has 32 heavy (non-hydrogen) atoms. The number of carbonyl (C=O) groups is 1. The maximum absolute atomic E-state index is 14.4. The molecule has 1 fully saturated rings. The van der Waals surface area contributed by atoms with Gasteiger partial charge in [0.15, 0.2) is 9.84 Å². The van der Waals surface area contributed by atoms with Crippen LogP contribution in [0.1, 0.15) is 49.7 Å². The Kier molecular flexibility index (Phi) is 7.78. The number of halogens is 2. The lowest BCUT2D eigenvalue weighted by Gasteiger charge is -2.41. The number of ether oxygens (including phenoxy) is 1. The molecule has 0 saturated heterocycles. The molecular formula is C25H28ClFO4S. The van der Waals surface area contributed by atoms with Gasteiger partial charge in [-0.05, 0) is 92.0 Å². The summed E-state index contributed by atoms with van der Waals surface area (Å²) in [6, 6.07) is 10.5. The van der Waals surface area contributed by atoms with Gasteiger partial charge in [-0.15, -0.1) is 6.58 Å². The topological polar surface area (TPSA) is 60.4 Å². The first kappa shape index (κ1) is 24.5. The fourth-order valence-corrected chi connectivity index (χ4v) is 7.01. The Labute approximate surface area is 194 Å². The highest BCUT2D eigenvalue weighted by molar-refractivity contribution is 7.92. The molecule has 0 N–H and O–H groups in total. The minimum Gasteiger partial charge on any atom is -0.469 e. The van der Waals surface area contributed by atoms with Gasteiger partial charge in [0.05, 0.1) is 12.0 Å². The van der Waals surface area contributed by atoms with E-state index in [2.05, 4.69) is 6.58 Å². The summed E-state index contributed by atoms with van der Waals surface area (Å²) in [6.45, 7) is 3.78. The molecule has 2 aromatic rings. The molecule has 0 bridgehead atoms. The summed E-state index contributed by atoms with van der Waals surface area (Å²) in [5.41, 5.74) is 1.26. The van der Waals surface area contributed by atoms with Crippen LogP contribution in [0.4, 0.5) is 4.39 Å². The number of benzene rings is 2. The SMILES string of the molecule is C=CCc1ccc(F)cc1C1(S(=O)(=O)c2ccc(Cl)cc2)CCC(CCC(=O)OC)CC1. The normalized spacial score (nSPS) is 21.2. The predicted molar refractivity (Wildman–Crippen MR) is 124 cm³/mol. The van der Waals surface area contributed by atoms with Crippen molar-refractivity contribution >= 4 is 27.4 Å². The molecule has 1 saturated carbocycles. The van der Waals surface area contributed by atoms with E-state index in [1.807, 2.05) is 0 Å². The zero-order valence-corrected chi connectivity index (χ0v) is 19.7. The summed E-state index contributed by atoms with van der Waals surface area (Å²) in [5, 5.41) is 0.447. The van der Waals surface area contributed by atoms with Crippen molar-refractivity contribution in [2.45, 2.75) is 54.6 Å². The Morgan fingerprint density at radius 2 is 1.88 bits per heavy atom. The first-order chi connectivity index (χ1) is 15.2. The maximum Gasteiger partial charge on any atom is 0.305 e. The van der Waals surface area contributed by atoms with E-state index in [1.165, 1.54) is 31.4 Å². The first-order valence-electron chi connectivity index (χ1n) is 10.7. The molecular weight excluding hydrogens is 451 g/mol. The van der Waals surface area contributed by atoms with Crippen molar-refractivity contribution < 1.29 is 22.3 Å². The van der Waals surface area contributed by atoms with Gasteiger partial charge >= 0.3 is 5.97 Å². The fraction of sp³-hybridized carbons (Fsp3) is 0.400. The number of sulfone groups is 1. The highest BCUT2D eigenvalue weighted by Crippen LogP contribution is 2.50. The smallest absolute Gasteiger partial charge is 0.305 e. The van der Waals surface area contributed by atoms with Crippen LogP contribution in [0.2, 0.25) is 5.02 Å². The molecule has 7 heteroatoms. The van der Waals surface area contributed by atoms with Crippen molar-refractivity contribution in [2.75, 3.05) is 7.11 Å². The third kappa shape index (κ3) is 4.91. The van der Waals surface area contributed by atoms with E-state index in [1.54, 1.807) is 24.3 Å². The van der Waals surface area contributed by atoms with E-state index in [-0.39, 0.29) is 16.8 Å². The molecule has 0 atom stereocenters. The van der Waals surface area contributed by atoms with Gasteiger partial charge in [0.2, 0.25) is 0 Å². The molecule has 1 aliphatic carbocycles. The lowest BCUT2D eigenvalue weighted by molar-refractivity contribution is -0.141. The molecule has 0 amide bonds. The van der Waals surface area contributed by atoms with Crippen LogP contribution in [-0.4, -0.2) is 21.5 Å². The van der Waals surface area contributed by atoms with Crippen molar-refractivity contribution in [1.82, 2.24) is 0 Å². The van der Waals surface area contributed by atoms with Crippen LogP contribution >= 0.6 is 11.6 Å². The number of rotatable bonds is 8. The number of hydrogen-bond donors (Lipinski definition) is 0. The van der Waals surface area contributed by atoms with Crippen LogP contribution < -0.4 is 0 Å². The van der Waals surface area contributed by atoms with E-state index in [0.29, 0.717) is 55.5 Å². The average molecular weight is 479 g/mol. The number of methoxy groups -OCH3 is 1. The zero-order valence-electron chi connectivity index (χ0n) is 18.2. The first-order valence-corrected chi connectivity index (χ1v) is 12.6. The van der Waals surface area contributed by atoms with Crippen LogP contribution in [-0.2, 0) is 30.5 Å². The van der Waals surface area contributed by atoms with Gasteiger partial charge in [-0.2, -0.15) is 0 Å². The van der Waals surface area contributed by atoms with Crippen molar-refractivity contribution in [1.29, 1.82) is 0 Å². The minimum atomic E-state index is -3.86. The Morgan fingerprint density at radius 3 is 2.47 bits per heavy atom. The second-order valence-electron chi connectivity index (χ2n) is 8.30. The van der Waals surface area contributed by atoms with E-state index in [9.17, 15) is 17.6 Å². The van der Waals surface area contributed by atoms with Gasteiger partial charge in [-0.25, -0.2) is 12.8 Å². The zero-order chi connectivity index (χ0) is 23.4. The number of carbonyl (C=O) groups excluding carboxylic acids is 1. The molecule has 0 heterocycles. The van der Waals surface area contributed by atoms with Gasteiger partial charge < -0.3 is 4.74 Å². The van der Waals surface area contributed by atoms with E-state index < -0.39 is 20.4 Å². The third-order valence-corrected chi connectivity index (χ3v) is 9.26. The van der Waals surface area contributed by atoms with Crippen molar-refractivity contribution in [2.24, 2.45) is 5.92 Å². The summed E-state index contributed by atoms with van der Waals surface area (Å²) >= 11 is 5.98. The Balaban J connectivity index is 2.06. The number of allylic oxidation sites excluding steroid dienone is 1. The van der Waals surface area contributed by atoms with Crippen LogP contribution in [0.15, 0.2) is 60.0 Å². The molecule has 4 nitrogen and oxygen atoms in total. The monoisotopic (exact) mass is 478 g/mol. The van der Waals surface area contributed by atoms with E-state index >= 15 is 0 Å². The predicted octanol–water partition coefficient (Wildman–Crippen LogP) is 6.02. The number of esters is 1. The fourth-order valence-electron chi connectivity index (χ4n) is 4.69. The Bertz CT molecular complexity index is 1070. The van der Waals surface area contributed by atoms with Crippen LogP contribution in [0, 0.1) is 11.7 Å². The minimum absolute atomic E-state index is 0.170. The summed E-state index contributed by atoms with van der Waals surface area (Å²) < 4.78 is 45.9. The summed E-state index contributed by atoms with van der Waals surface area (Å²) in [7, 11) is -2.50. The molecule has 3 rings (SSSR count). The van der Waals surface area contributed by atoms with Crippen molar-refractivity contribution in [3.63, 3.8) is 0 Å². The van der Waals surface area contributed by atoms with Gasteiger partial charge in [-0.1, -0.05) is 23.7 Å². The Morgan fingerprint density at radius 1 is 1.22 bits per heavy atom. The molecule has 0 aliphatic heterocycles. The summed E-state index contributed by atoms with van der Waals surface area (Å²) in [6.07, 6.45) is 5.02. The quantitative estimate of drug-likeness (QED) is 0.344. The summed E-state index contributed by atoms with van der Waals surface area (Å²) in [5.74, 6) is -0.528. The lowest BCUT2D eigenvalue weighted by Crippen LogP contribution is -2.40. The molecule has 1 aliphatic rings.